The minimum atomic E-state index is -1.08. The van der Waals surface area contributed by atoms with E-state index in [1.54, 1.807) is 0 Å². The maximum Gasteiger partial charge on any atom is 0.408 e. The van der Waals surface area contributed by atoms with Gasteiger partial charge in [0.15, 0.2) is 0 Å². The molecular formula is C26H28N2O5. The number of alkyl carbamates (subject to hydrolysis) is 1. The van der Waals surface area contributed by atoms with Crippen LogP contribution in [-0.4, -0.2) is 52.7 Å². The number of hydrogen-bond acceptors (Lipinski definition) is 4. The second kappa shape index (κ2) is 8.54. The first kappa shape index (κ1) is 21.5. The van der Waals surface area contributed by atoms with Gasteiger partial charge in [0.05, 0.1) is 0 Å². The lowest BCUT2D eigenvalue weighted by Gasteiger charge is -2.34. The van der Waals surface area contributed by atoms with Crippen molar-refractivity contribution in [1.29, 1.82) is 0 Å². The van der Waals surface area contributed by atoms with Crippen LogP contribution in [-0.2, 0) is 14.3 Å². The van der Waals surface area contributed by atoms with Gasteiger partial charge in [0.2, 0.25) is 5.91 Å². The van der Waals surface area contributed by atoms with Crippen LogP contribution in [0.4, 0.5) is 4.79 Å². The number of carboxylic acids is 1. The Hall–Kier alpha value is -3.35. The Labute approximate surface area is 192 Å². The SMILES string of the molecule is O=C(NC1(C(=O)N2CCCC2C(=O)O)CCCC1)OCC1c2ccccc2-c2ccccc21. The number of nitrogens with one attached hydrogen (secondary N) is 1. The van der Waals surface area contributed by atoms with Crippen molar-refractivity contribution in [1.82, 2.24) is 10.2 Å². The van der Waals surface area contributed by atoms with Gasteiger partial charge >= 0.3 is 12.1 Å². The molecule has 1 aliphatic heterocycles. The van der Waals surface area contributed by atoms with Gasteiger partial charge in [0.25, 0.3) is 0 Å². The number of amides is 2. The van der Waals surface area contributed by atoms with E-state index in [9.17, 15) is 19.5 Å². The summed E-state index contributed by atoms with van der Waals surface area (Å²) in [5, 5.41) is 12.4. The van der Waals surface area contributed by atoms with Crippen LogP contribution in [0.25, 0.3) is 11.1 Å². The molecule has 1 saturated heterocycles. The van der Waals surface area contributed by atoms with Crippen LogP contribution in [0.1, 0.15) is 55.6 Å². The van der Waals surface area contributed by atoms with Gasteiger partial charge in [-0.05, 0) is 47.9 Å². The summed E-state index contributed by atoms with van der Waals surface area (Å²) in [5.41, 5.74) is 3.47. The number of fused-ring (bicyclic) bond motifs is 3. The number of likely N-dealkylation sites (tertiary alicyclic amines) is 1. The van der Waals surface area contributed by atoms with Gasteiger partial charge in [0, 0.05) is 12.5 Å². The highest BCUT2D eigenvalue weighted by atomic mass is 16.5. The topological polar surface area (TPSA) is 95.9 Å². The lowest BCUT2D eigenvalue weighted by atomic mass is 9.95. The number of ether oxygens (including phenoxy) is 1. The van der Waals surface area contributed by atoms with E-state index in [2.05, 4.69) is 29.6 Å². The number of carboxylic acid groups (broad SMARTS) is 1. The minimum Gasteiger partial charge on any atom is -0.480 e. The molecule has 0 aromatic heterocycles. The van der Waals surface area contributed by atoms with Gasteiger partial charge in [-0.1, -0.05) is 61.4 Å². The van der Waals surface area contributed by atoms with E-state index in [-0.39, 0.29) is 18.4 Å². The van der Waals surface area contributed by atoms with Gasteiger partial charge in [-0.25, -0.2) is 9.59 Å². The molecule has 2 aliphatic carbocycles. The molecule has 2 amide bonds. The molecule has 3 aliphatic rings. The van der Waals surface area contributed by atoms with E-state index >= 15 is 0 Å². The van der Waals surface area contributed by atoms with Crippen LogP contribution in [0.3, 0.4) is 0 Å². The summed E-state index contributed by atoms with van der Waals surface area (Å²) in [6, 6.07) is 15.4. The highest BCUT2D eigenvalue weighted by molar-refractivity contribution is 5.93. The Morgan fingerprint density at radius 3 is 2.18 bits per heavy atom. The van der Waals surface area contributed by atoms with Gasteiger partial charge < -0.3 is 20.1 Å². The predicted molar refractivity (Wildman–Crippen MR) is 122 cm³/mol. The summed E-state index contributed by atoms with van der Waals surface area (Å²) in [7, 11) is 0. The molecule has 2 aromatic rings. The number of hydrogen-bond donors (Lipinski definition) is 2. The number of rotatable bonds is 5. The first-order valence-electron chi connectivity index (χ1n) is 11.7. The molecule has 1 heterocycles. The maximum atomic E-state index is 13.4. The molecule has 1 atom stereocenters. The molecule has 2 fully saturated rings. The molecule has 0 bridgehead atoms. The number of nitrogens with zero attached hydrogens (tertiary/aromatic N) is 1. The van der Waals surface area contributed by atoms with Crippen molar-refractivity contribution in [2.75, 3.05) is 13.2 Å². The summed E-state index contributed by atoms with van der Waals surface area (Å²) in [5.74, 6) is -1.35. The Balaban J connectivity index is 1.30. The van der Waals surface area contributed by atoms with Crippen molar-refractivity contribution >= 4 is 18.0 Å². The monoisotopic (exact) mass is 448 g/mol. The average molecular weight is 449 g/mol. The first-order chi connectivity index (χ1) is 16.0. The molecule has 1 saturated carbocycles. The molecule has 0 radical (unpaired) electrons. The van der Waals surface area contributed by atoms with E-state index in [1.807, 2.05) is 24.3 Å². The summed E-state index contributed by atoms with van der Waals surface area (Å²) in [4.78, 5) is 39.3. The predicted octanol–water partition coefficient (Wildman–Crippen LogP) is 3.91. The Kier molecular flexibility index (Phi) is 5.56. The standard InChI is InChI=1S/C26H28N2O5/c29-23(30)22-12-7-15-28(22)24(31)26(13-5-6-14-26)27-25(32)33-16-21-19-10-3-1-8-17(19)18-9-2-4-11-20(18)21/h1-4,8-11,21-22H,5-7,12-16H2,(H,27,32)(H,29,30). The van der Waals surface area contributed by atoms with Crippen LogP contribution in [0, 0.1) is 0 Å². The highest BCUT2D eigenvalue weighted by Crippen LogP contribution is 2.44. The fraction of sp³-hybridized carbons (Fsp3) is 0.423. The lowest BCUT2D eigenvalue weighted by Crippen LogP contribution is -2.60. The fourth-order valence-electron chi connectivity index (χ4n) is 5.74. The normalized spacial score (nSPS) is 20.8. The Morgan fingerprint density at radius 1 is 0.970 bits per heavy atom. The molecule has 33 heavy (non-hydrogen) atoms. The number of aliphatic carboxylic acids is 1. The van der Waals surface area contributed by atoms with Crippen molar-refractivity contribution in [3.05, 3.63) is 59.7 Å². The third-order valence-electron chi connectivity index (χ3n) is 7.35. The lowest BCUT2D eigenvalue weighted by molar-refractivity contribution is -0.151. The van der Waals surface area contributed by atoms with Crippen LogP contribution >= 0.6 is 0 Å². The largest absolute Gasteiger partial charge is 0.480 e. The van der Waals surface area contributed by atoms with E-state index in [0.717, 1.165) is 35.1 Å². The number of carbonyl (C=O) groups excluding carboxylic acids is 2. The summed E-state index contributed by atoms with van der Waals surface area (Å²) >= 11 is 0. The maximum absolute atomic E-state index is 13.4. The third-order valence-corrected chi connectivity index (χ3v) is 7.35. The molecule has 172 valence electrons. The smallest absolute Gasteiger partial charge is 0.408 e. The zero-order valence-corrected chi connectivity index (χ0v) is 18.5. The van der Waals surface area contributed by atoms with Gasteiger partial charge in [-0.3, -0.25) is 4.79 Å². The number of carbonyl (C=O) groups is 3. The molecule has 0 spiro atoms. The molecule has 7 heteroatoms. The molecule has 2 N–H and O–H groups in total. The zero-order chi connectivity index (χ0) is 23.0. The van der Waals surface area contributed by atoms with Crippen molar-refractivity contribution in [3.63, 3.8) is 0 Å². The van der Waals surface area contributed by atoms with Gasteiger partial charge in [-0.15, -0.1) is 0 Å². The second-order valence-electron chi connectivity index (χ2n) is 9.23. The van der Waals surface area contributed by atoms with Crippen LogP contribution in [0.5, 0.6) is 0 Å². The van der Waals surface area contributed by atoms with Crippen LogP contribution < -0.4 is 5.32 Å². The van der Waals surface area contributed by atoms with E-state index in [1.165, 1.54) is 4.90 Å². The quantitative estimate of drug-likeness (QED) is 0.723. The second-order valence-corrected chi connectivity index (χ2v) is 9.23. The molecule has 2 aromatic carbocycles. The van der Waals surface area contributed by atoms with E-state index < -0.39 is 23.6 Å². The first-order valence-corrected chi connectivity index (χ1v) is 11.7. The highest BCUT2D eigenvalue weighted by Gasteiger charge is 2.49. The zero-order valence-electron chi connectivity index (χ0n) is 18.5. The van der Waals surface area contributed by atoms with Crippen LogP contribution in [0.15, 0.2) is 48.5 Å². The fourth-order valence-corrected chi connectivity index (χ4v) is 5.74. The molecule has 5 rings (SSSR count). The van der Waals surface area contributed by atoms with Crippen molar-refractivity contribution in [2.24, 2.45) is 0 Å². The van der Waals surface area contributed by atoms with Crippen molar-refractivity contribution in [2.45, 2.75) is 56.0 Å². The Morgan fingerprint density at radius 2 is 1.58 bits per heavy atom. The summed E-state index contributed by atoms with van der Waals surface area (Å²) in [6.45, 7) is 0.579. The van der Waals surface area contributed by atoms with Crippen molar-refractivity contribution in [3.8, 4) is 11.1 Å². The van der Waals surface area contributed by atoms with Gasteiger partial charge in [0.1, 0.15) is 18.2 Å². The molecular weight excluding hydrogens is 420 g/mol. The number of benzene rings is 2. The van der Waals surface area contributed by atoms with E-state index in [0.29, 0.717) is 32.2 Å². The summed E-state index contributed by atoms with van der Waals surface area (Å²) < 4.78 is 5.68. The van der Waals surface area contributed by atoms with Crippen LogP contribution in [0.2, 0.25) is 0 Å². The Bertz CT molecular complexity index is 1050. The minimum absolute atomic E-state index is 0.0617. The van der Waals surface area contributed by atoms with Crippen molar-refractivity contribution < 1.29 is 24.2 Å². The van der Waals surface area contributed by atoms with E-state index in [4.69, 9.17) is 4.74 Å². The average Bonchev–Trinajstić information content (AvgIpc) is 3.55. The van der Waals surface area contributed by atoms with Gasteiger partial charge in [-0.2, -0.15) is 0 Å². The third kappa shape index (κ3) is 3.75. The molecule has 1 unspecified atom stereocenters. The molecule has 7 nitrogen and oxygen atoms in total. The summed E-state index contributed by atoms with van der Waals surface area (Å²) in [6.07, 6.45) is 3.09.